The van der Waals surface area contributed by atoms with Gasteiger partial charge in [-0.3, -0.25) is 0 Å². The molecule has 4 aliphatic rings. The van der Waals surface area contributed by atoms with Crippen molar-refractivity contribution in [3.05, 3.63) is 132 Å². The molecule has 4 atom stereocenters. The van der Waals surface area contributed by atoms with Gasteiger partial charge in [0.2, 0.25) is 0 Å². The molecule has 0 radical (unpaired) electrons. The summed E-state index contributed by atoms with van der Waals surface area (Å²) in [5.41, 5.74) is 6.52. The summed E-state index contributed by atoms with van der Waals surface area (Å²) in [6.07, 6.45) is 30.4. The van der Waals surface area contributed by atoms with Crippen molar-refractivity contribution in [2.75, 3.05) is 0 Å². The van der Waals surface area contributed by atoms with Gasteiger partial charge in [-0.05, 0) is 0 Å². The molecule has 0 heterocycles. The number of benzene rings is 2. The van der Waals surface area contributed by atoms with Gasteiger partial charge in [0.1, 0.15) is 0 Å². The molecule has 38 heavy (non-hydrogen) atoms. The third kappa shape index (κ3) is 4.77. The third-order valence-corrected chi connectivity index (χ3v) is 44.8. The molecule has 194 valence electrons. The Hall–Kier alpha value is -2.02. The summed E-state index contributed by atoms with van der Waals surface area (Å²) in [5, 5.41) is 0. The Morgan fingerprint density at radius 3 is 1.84 bits per heavy atom. The number of allylic oxidation sites excluding steroid dienone is 10. The molecule has 0 saturated heterocycles. The minimum absolute atomic E-state index is 0.795. The Labute approximate surface area is 235 Å². The number of fused-ring (bicyclic) bond motifs is 2. The van der Waals surface area contributed by atoms with Gasteiger partial charge in [0.25, 0.3) is 0 Å². The second-order valence-electron chi connectivity index (χ2n) is 12.1. The summed E-state index contributed by atoms with van der Waals surface area (Å²) in [5.74, 6) is 0.562. The van der Waals surface area contributed by atoms with E-state index in [0.717, 1.165) is 19.1 Å². The van der Waals surface area contributed by atoms with Crippen molar-refractivity contribution in [1.82, 2.24) is 0 Å². The van der Waals surface area contributed by atoms with E-state index in [-0.39, 0.29) is 0 Å². The van der Waals surface area contributed by atoms with Gasteiger partial charge in [0.15, 0.2) is 0 Å². The topological polar surface area (TPSA) is 0 Å². The molecule has 0 spiro atoms. The van der Waals surface area contributed by atoms with E-state index in [4.69, 9.17) is 0 Å². The van der Waals surface area contributed by atoms with E-state index in [1.54, 1.807) is 0 Å². The zero-order valence-electron chi connectivity index (χ0n) is 23.1. The van der Waals surface area contributed by atoms with Crippen molar-refractivity contribution in [3.63, 3.8) is 0 Å². The van der Waals surface area contributed by atoms with Crippen LogP contribution in [0.5, 0.6) is 0 Å². The summed E-state index contributed by atoms with van der Waals surface area (Å²) in [6.45, 7) is 5.51. The van der Waals surface area contributed by atoms with Crippen LogP contribution in [-0.4, -0.2) is 5.92 Å². The Kier molecular flexibility index (Phi) is 8.01. The van der Waals surface area contributed by atoms with Gasteiger partial charge < -0.3 is 0 Å². The molecule has 0 amide bonds. The molecule has 0 bridgehead atoms. The zero-order valence-corrected chi connectivity index (χ0v) is 26.7. The molecule has 4 unspecified atom stereocenters. The van der Waals surface area contributed by atoms with E-state index in [1.165, 1.54) is 49.7 Å². The normalized spacial score (nSPS) is 28.2. The van der Waals surface area contributed by atoms with Crippen LogP contribution in [0.2, 0.25) is 20.3 Å². The molecule has 0 N–H and O–H groups in total. The van der Waals surface area contributed by atoms with Crippen molar-refractivity contribution in [3.8, 4) is 0 Å². The van der Waals surface area contributed by atoms with Crippen LogP contribution < -0.4 is 0 Å². The first-order valence-electron chi connectivity index (χ1n) is 14.9. The van der Waals surface area contributed by atoms with E-state index < -0.39 is 25.4 Å². The maximum absolute atomic E-state index is 3.10. The molecule has 0 aromatic heterocycles. The van der Waals surface area contributed by atoms with E-state index >= 15 is 0 Å². The predicted octanol–water partition coefficient (Wildman–Crippen LogP) is 10.0. The fraction of sp³-hybridized carbons (Fsp3) is 0.333. The number of hydrogen-bond acceptors (Lipinski definition) is 0. The van der Waals surface area contributed by atoms with Crippen molar-refractivity contribution < 1.29 is 19.4 Å². The zero-order chi connectivity index (χ0) is 26.0. The molecule has 0 aliphatic heterocycles. The molecule has 2 aromatic carbocycles. The van der Waals surface area contributed by atoms with Gasteiger partial charge in [-0.2, -0.15) is 0 Å². The Morgan fingerprint density at radius 2 is 1.29 bits per heavy atom. The predicted molar refractivity (Wildman–Crippen MR) is 165 cm³/mol. The van der Waals surface area contributed by atoms with E-state index in [2.05, 4.69) is 128 Å². The van der Waals surface area contributed by atoms with Crippen LogP contribution in [-0.2, 0) is 19.4 Å². The fourth-order valence-electron chi connectivity index (χ4n) is 8.52. The first-order chi connectivity index (χ1) is 18.7. The first-order valence-corrected chi connectivity index (χ1v) is 26.1. The Bertz CT molecular complexity index is 1260. The molecule has 2 fully saturated rings. The monoisotopic (exact) mass is 592 g/mol. The second-order valence-corrected chi connectivity index (χ2v) is 37.9. The average molecular weight is 594 g/mol. The fourth-order valence-corrected chi connectivity index (χ4v) is 46.1. The summed E-state index contributed by atoms with van der Waals surface area (Å²) >= 11 is -3.10. The van der Waals surface area contributed by atoms with Crippen LogP contribution in [0.15, 0.2) is 120 Å². The third-order valence-electron chi connectivity index (χ3n) is 10.1. The van der Waals surface area contributed by atoms with Crippen molar-refractivity contribution in [1.29, 1.82) is 0 Å². The second kappa shape index (κ2) is 11.6. The molecule has 4 aliphatic carbocycles. The number of rotatable bonds is 7. The minimum atomic E-state index is -3.10. The van der Waals surface area contributed by atoms with E-state index in [1.807, 2.05) is 14.4 Å². The molecule has 2 heteroatoms. The van der Waals surface area contributed by atoms with E-state index in [9.17, 15) is 0 Å². The van der Waals surface area contributed by atoms with Gasteiger partial charge in [-0.25, -0.2) is 0 Å². The molecular formula is C36H42SiZr. The molecular weight excluding hydrogens is 552 g/mol. The molecule has 2 saturated carbocycles. The summed E-state index contributed by atoms with van der Waals surface area (Å²) in [6, 6.07) is 22.5. The van der Waals surface area contributed by atoms with Crippen LogP contribution in [0, 0.1) is 11.8 Å². The quantitative estimate of drug-likeness (QED) is 0.221. The van der Waals surface area contributed by atoms with Gasteiger partial charge >= 0.3 is 237 Å². The number of hydrogen-bond donors (Lipinski definition) is 0. The van der Waals surface area contributed by atoms with Crippen LogP contribution in [0.25, 0.3) is 9.36 Å². The van der Waals surface area contributed by atoms with Crippen molar-refractivity contribution in [2.45, 2.75) is 58.9 Å². The van der Waals surface area contributed by atoms with Crippen LogP contribution >= 0.6 is 0 Å². The van der Waals surface area contributed by atoms with Gasteiger partial charge in [0.05, 0.1) is 0 Å². The molecule has 6 rings (SSSR count). The summed E-state index contributed by atoms with van der Waals surface area (Å²) < 4.78 is 3.51. The molecule has 0 nitrogen and oxygen atoms in total. The first kappa shape index (κ1) is 26.2. The SMILES string of the molecule is C[SiH](C)[Zr]([C](=CC=Cc1ccccc1)c1ccccc1)([CH]1CCC2CC=CC=C21)[CH]1CCC2CC=CC=C21. The summed E-state index contributed by atoms with van der Waals surface area (Å²) in [7, 11) is 0. The van der Waals surface area contributed by atoms with Crippen LogP contribution in [0.3, 0.4) is 0 Å². The summed E-state index contributed by atoms with van der Waals surface area (Å²) in [4.78, 5) is 0. The Balaban J connectivity index is 1.57. The van der Waals surface area contributed by atoms with Crippen molar-refractivity contribution in [2.24, 2.45) is 11.8 Å². The van der Waals surface area contributed by atoms with Gasteiger partial charge in [-0.1, -0.05) is 0 Å². The van der Waals surface area contributed by atoms with Gasteiger partial charge in [0, 0.05) is 0 Å². The molecule has 2 aromatic rings. The standard InChI is InChI=1S/C16H13.2C9H11.C2H7Si.Zr/c1-3-9-15(10-4-1)13-7-8-14-16-11-5-2-6-12-16;2*1-2-5-9-7-3-6-8(9)4-1;1-3-2;/h1-13H;2*1-2,4,6,9H,3,5,7H2;3H,1-2H3;. The maximum atomic E-state index is 2.76. The average Bonchev–Trinajstić information content (AvgIpc) is 3.59. The van der Waals surface area contributed by atoms with Gasteiger partial charge in [-0.15, -0.1) is 0 Å². The van der Waals surface area contributed by atoms with E-state index in [0.29, 0.717) is 0 Å². The van der Waals surface area contributed by atoms with Crippen molar-refractivity contribution >= 4 is 15.3 Å². The van der Waals surface area contributed by atoms with Crippen LogP contribution in [0.1, 0.15) is 49.7 Å². The Morgan fingerprint density at radius 1 is 0.737 bits per heavy atom. The van der Waals surface area contributed by atoms with Crippen LogP contribution in [0.4, 0.5) is 0 Å².